The maximum atomic E-state index is 11.7. The van der Waals surface area contributed by atoms with Crippen molar-refractivity contribution in [2.75, 3.05) is 59.4 Å². The van der Waals surface area contributed by atoms with Gasteiger partial charge in [0.2, 0.25) is 5.91 Å². The Kier molecular flexibility index (Phi) is 11.6. The lowest BCUT2D eigenvalue weighted by atomic mass is 10.0. The highest BCUT2D eigenvalue weighted by Gasteiger charge is 2.29. The third kappa shape index (κ3) is 8.95. The Morgan fingerprint density at radius 1 is 1.07 bits per heavy atom. The van der Waals surface area contributed by atoms with E-state index < -0.39 is 0 Å². The van der Waals surface area contributed by atoms with E-state index in [1.54, 1.807) is 0 Å². The molecule has 2 fully saturated rings. The number of piperazine rings is 1. The van der Waals surface area contributed by atoms with Gasteiger partial charge in [-0.05, 0) is 32.7 Å². The van der Waals surface area contributed by atoms with Crippen molar-refractivity contribution in [1.82, 2.24) is 25.8 Å². The molecule has 1 unspecified atom stereocenters. The molecular formula is C19H39IN6O. The molecule has 0 aromatic carbocycles. The zero-order valence-electron chi connectivity index (χ0n) is 17.5. The number of nitrogens with zero attached hydrogens (tertiary/aromatic N) is 3. The van der Waals surface area contributed by atoms with Crippen LogP contribution in [-0.2, 0) is 4.79 Å². The number of amides is 1. The van der Waals surface area contributed by atoms with Gasteiger partial charge in [0.25, 0.3) is 0 Å². The minimum absolute atomic E-state index is 0. The van der Waals surface area contributed by atoms with Crippen molar-refractivity contribution in [3.63, 3.8) is 0 Å². The molecule has 3 N–H and O–H groups in total. The van der Waals surface area contributed by atoms with E-state index >= 15 is 0 Å². The van der Waals surface area contributed by atoms with Gasteiger partial charge in [-0.3, -0.25) is 14.7 Å². The molecule has 2 aliphatic rings. The largest absolute Gasteiger partial charge is 0.357 e. The SMILES string of the molecule is CCNC(=NCC(C(C)C)N1CCN(C)CC1)NCCNC(=O)C1CC1.I. The predicted octanol–water partition coefficient (Wildman–Crippen LogP) is 0.958. The first-order valence-corrected chi connectivity index (χ1v) is 10.2. The van der Waals surface area contributed by atoms with Crippen LogP contribution in [0.15, 0.2) is 4.99 Å². The monoisotopic (exact) mass is 494 g/mol. The summed E-state index contributed by atoms with van der Waals surface area (Å²) < 4.78 is 0. The van der Waals surface area contributed by atoms with Gasteiger partial charge in [0.05, 0.1) is 6.54 Å². The summed E-state index contributed by atoms with van der Waals surface area (Å²) in [6.07, 6.45) is 2.10. The fraction of sp³-hybridized carbons (Fsp3) is 0.895. The molecule has 0 radical (unpaired) electrons. The molecule has 0 aromatic heterocycles. The lowest BCUT2D eigenvalue weighted by molar-refractivity contribution is -0.122. The summed E-state index contributed by atoms with van der Waals surface area (Å²) in [4.78, 5) is 21.5. The molecule has 1 amide bonds. The Morgan fingerprint density at radius 2 is 1.70 bits per heavy atom. The Morgan fingerprint density at radius 3 is 2.26 bits per heavy atom. The van der Waals surface area contributed by atoms with Crippen LogP contribution in [0.5, 0.6) is 0 Å². The molecule has 158 valence electrons. The van der Waals surface area contributed by atoms with E-state index in [0.717, 1.165) is 58.1 Å². The van der Waals surface area contributed by atoms with Crippen LogP contribution >= 0.6 is 24.0 Å². The fourth-order valence-corrected chi connectivity index (χ4v) is 3.28. The summed E-state index contributed by atoms with van der Waals surface area (Å²) in [7, 11) is 2.19. The lowest BCUT2D eigenvalue weighted by Gasteiger charge is -2.39. The van der Waals surface area contributed by atoms with Crippen LogP contribution < -0.4 is 16.0 Å². The quantitative estimate of drug-likeness (QED) is 0.193. The second-order valence-electron chi connectivity index (χ2n) is 7.86. The van der Waals surface area contributed by atoms with Crippen LogP contribution in [0.1, 0.15) is 33.6 Å². The molecule has 1 aliphatic heterocycles. The van der Waals surface area contributed by atoms with E-state index in [2.05, 4.69) is 53.6 Å². The Bertz CT molecular complexity index is 461. The number of guanidine groups is 1. The highest BCUT2D eigenvalue weighted by atomic mass is 127. The van der Waals surface area contributed by atoms with E-state index in [-0.39, 0.29) is 35.8 Å². The van der Waals surface area contributed by atoms with Crippen LogP contribution in [0, 0.1) is 11.8 Å². The summed E-state index contributed by atoms with van der Waals surface area (Å²) in [6.45, 7) is 14.1. The molecule has 1 atom stereocenters. The van der Waals surface area contributed by atoms with E-state index in [0.29, 0.717) is 25.0 Å². The zero-order valence-corrected chi connectivity index (χ0v) is 19.8. The molecule has 1 aliphatic carbocycles. The van der Waals surface area contributed by atoms with Gasteiger partial charge in [-0.25, -0.2) is 0 Å². The number of hydrogen-bond acceptors (Lipinski definition) is 4. The summed E-state index contributed by atoms with van der Waals surface area (Å²) in [5.41, 5.74) is 0. The second-order valence-corrected chi connectivity index (χ2v) is 7.86. The lowest BCUT2D eigenvalue weighted by Crippen LogP contribution is -2.52. The van der Waals surface area contributed by atoms with Crippen molar-refractivity contribution in [2.24, 2.45) is 16.8 Å². The van der Waals surface area contributed by atoms with Crippen molar-refractivity contribution in [2.45, 2.75) is 39.7 Å². The van der Waals surface area contributed by atoms with Crippen LogP contribution in [0.25, 0.3) is 0 Å². The average Bonchev–Trinajstić information content (AvgIpc) is 3.45. The van der Waals surface area contributed by atoms with Crippen molar-refractivity contribution in [3.8, 4) is 0 Å². The van der Waals surface area contributed by atoms with Gasteiger partial charge in [0.1, 0.15) is 0 Å². The highest BCUT2D eigenvalue weighted by Crippen LogP contribution is 2.28. The number of aliphatic imine (C=N–C) groups is 1. The minimum atomic E-state index is 0. The first kappa shape index (κ1) is 24.4. The second kappa shape index (κ2) is 12.8. The smallest absolute Gasteiger partial charge is 0.223 e. The highest BCUT2D eigenvalue weighted by molar-refractivity contribution is 14.0. The van der Waals surface area contributed by atoms with Gasteiger partial charge < -0.3 is 20.9 Å². The van der Waals surface area contributed by atoms with Gasteiger partial charge in [-0.15, -0.1) is 24.0 Å². The fourth-order valence-electron chi connectivity index (χ4n) is 3.28. The number of rotatable bonds is 9. The third-order valence-corrected chi connectivity index (χ3v) is 5.22. The predicted molar refractivity (Wildman–Crippen MR) is 123 cm³/mol. The molecule has 8 heteroatoms. The molecule has 1 saturated carbocycles. The maximum absolute atomic E-state index is 11.7. The van der Waals surface area contributed by atoms with Crippen molar-refractivity contribution >= 4 is 35.8 Å². The molecular weight excluding hydrogens is 455 g/mol. The van der Waals surface area contributed by atoms with Gasteiger partial charge >= 0.3 is 0 Å². The van der Waals surface area contributed by atoms with Crippen molar-refractivity contribution in [3.05, 3.63) is 0 Å². The van der Waals surface area contributed by atoms with Crippen LogP contribution in [0.3, 0.4) is 0 Å². The van der Waals surface area contributed by atoms with E-state index in [1.165, 1.54) is 0 Å². The molecule has 1 saturated heterocycles. The summed E-state index contributed by atoms with van der Waals surface area (Å²) >= 11 is 0. The van der Waals surface area contributed by atoms with Gasteiger partial charge in [0, 0.05) is 57.8 Å². The average molecular weight is 494 g/mol. The number of halogens is 1. The normalized spacial score (nSPS) is 20.1. The topological polar surface area (TPSA) is 72.0 Å². The molecule has 0 bridgehead atoms. The van der Waals surface area contributed by atoms with Gasteiger partial charge in [-0.2, -0.15) is 0 Å². The summed E-state index contributed by atoms with van der Waals surface area (Å²) in [5, 5.41) is 9.63. The number of carbonyl (C=O) groups excluding carboxylic acids is 1. The maximum Gasteiger partial charge on any atom is 0.223 e. The van der Waals surface area contributed by atoms with Gasteiger partial charge in [0.15, 0.2) is 5.96 Å². The summed E-state index contributed by atoms with van der Waals surface area (Å²) in [6, 6.07) is 0.466. The Hall–Kier alpha value is -0.610. The first-order valence-electron chi connectivity index (χ1n) is 10.2. The number of carbonyl (C=O) groups is 1. The first-order chi connectivity index (χ1) is 12.5. The number of nitrogens with one attached hydrogen (secondary N) is 3. The van der Waals surface area contributed by atoms with E-state index in [4.69, 9.17) is 4.99 Å². The third-order valence-electron chi connectivity index (χ3n) is 5.22. The van der Waals surface area contributed by atoms with Gasteiger partial charge in [-0.1, -0.05) is 13.8 Å². The molecule has 0 spiro atoms. The van der Waals surface area contributed by atoms with Crippen LogP contribution in [0.2, 0.25) is 0 Å². The summed E-state index contributed by atoms with van der Waals surface area (Å²) in [5.74, 6) is 1.88. The number of hydrogen-bond donors (Lipinski definition) is 3. The number of likely N-dealkylation sites (N-methyl/N-ethyl adjacent to an activating group) is 1. The molecule has 27 heavy (non-hydrogen) atoms. The van der Waals surface area contributed by atoms with Crippen molar-refractivity contribution in [1.29, 1.82) is 0 Å². The molecule has 2 rings (SSSR count). The molecule has 1 heterocycles. The Balaban J connectivity index is 0.00000364. The van der Waals surface area contributed by atoms with Crippen molar-refractivity contribution < 1.29 is 4.79 Å². The molecule has 0 aromatic rings. The van der Waals surface area contributed by atoms with Crippen LogP contribution in [0.4, 0.5) is 0 Å². The minimum Gasteiger partial charge on any atom is -0.357 e. The standard InChI is InChI=1S/C19H38N6O.HI/c1-5-20-19(22-9-8-21-18(26)16-6-7-16)23-14-17(15(2)3)25-12-10-24(4)11-13-25;/h15-17H,5-14H2,1-4H3,(H,21,26)(H2,20,22,23);1H. The van der Waals surface area contributed by atoms with E-state index in [1.807, 2.05) is 0 Å². The zero-order chi connectivity index (χ0) is 18.9. The Labute approximate surface area is 182 Å². The van der Waals surface area contributed by atoms with E-state index in [9.17, 15) is 4.79 Å². The molecule has 7 nitrogen and oxygen atoms in total. The van der Waals surface area contributed by atoms with Crippen LogP contribution in [-0.4, -0.2) is 87.1 Å².